The molecule has 27 heavy (non-hydrogen) atoms. The summed E-state index contributed by atoms with van der Waals surface area (Å²) in [5.74, 6) is -0.585. The van der Waals surface area contributed by atoms with Crippen LogP contribution in [-0.4, -0.2) is 29.3 Å². The van der Waals surface area contributed by atoms with Gasteiger partial charge in [-0.05, 0) is 23.1 Å². The highest BCUT2D eigenvalue weighted by Gasteiger charge is 2.29. The van der Waals surface area contributed by atoms with Crippen LogP contribution in [0.4, 0.5) is 10.5 Å². The quantitative estimate of drug-likeness (QED) is 0.703. The van der Waals surface area contributed by atoms with Crippen molar-refractivity contribution in [3.63, 3.8) is 0 Å². The van der Waals surface area contributed by atoms with E-state index in [0.717, 1.165) is 15.7 Å². The number of imide groups is 1. The van der Waals surface area contributed by atoms with Gasteiger partial charge in [-0.2, -0.15) is 0 Å². The fraction of sp³-hybridized carbons (Fsp3) is 0.0952. The van der Waals surface area contributed by atoms with Crippen LogP contribution in [0.15, 0.2) is 66.7 Å². The van der Waals surface area contributed by atoms with Crippen LogP contribution >= 0.6 is 0 Å². The number of nitrogens with zero attached hydrogens (tertiary/aromatic N) is 1. The molecule has 4 rings (SSSR count). The van der Waals surface area contributed by atoms with Gasteiger partial charge in [-0.1, -0.05) is 54.6 Å². The van der Waals surface area contributed by atoms with E-state index in [9.17, 15) is 14.4 Å². The molecule has 3 aromatic rings. The van der Waals surface area contributed by atoms with Crippen molar-refractivity contribution < 1.29 is 14.4 Å². The van der Waals surface area contributed by atoms with Gasteiger partial charge in [0.05, 0.1) is 13.1 Å². The number of benzene rings is 3. The molecule has 1 aliphatic heterocycles. The molecule has 134 valence electrons. The summed E-state index contributed by atoms with van der Waals surface area (Å²) in [5.41, 5.74) is 1.75. The Bertz CT molecular complexity index is 1040. The summed E-state index contributed by atoms with van der Waals surface area (Å²) in [5, 5.41) is 7.41. The van der Waals surface area contributed by atoms with Gasteiger partial charge in [0.2, 0.25) is 5.91 Å². The van der Waals surface area contributed by atoms with Crippen LogP contribution < -0.4 is 10.6 Å². The molecule has 0 spiro atoms. The maximum absolute atomic E-state index is 12.9. The third-order valence-corrected chi connectivity index (χ3v) is 4.57. The van der Waals surface area contributed by atoms with Gasteiger partial charge < -0.3 is 10.6 Å². The average molecular weight is 359 g/mol. The molecule has 1 heterocycles. The average Bonchev–Trinajstić information content (AvgIpc) is 3.01. The number of rotatable bonds is 4. The lowest BCUT2D eigenvalue weighted by Gasteiger charge is -2.16. The number of carbonyl (C=O) groups excluding carboxylic acids is 3. The van der Waals surface area contributed by atoms with Crippen molar-refractivity contribution >= 4 is 34.3 Å². The van der Waals surface area contributed by atoms with Crippen LogP contribution in [0.5, 0.6) is 0 Å². The zero-order valence-corrected chi connectivity index (χ0v) is 14.4. The number of carbonyl (C=O) groups is 3. The van der Waals surface area contributed by atoms with Crippen molar-refractivity contribution in [2.45, 2.75) is 6.54 Å². The van der Waals surface area contributed by atoms with E-state index in [4.69, 9.17) is 0 Å². The first-order valence-electron chi connectivity index (χ1n) is 8.59. The number of nitrogens with one attached hydrogen (secondary N) is 2. The maximum Gasteiger partial charge on any atom is 0.324 e. The van der Waals surface area contributed by atoms with Gasteiger partial charge in [0.1, 0.15) is 0 Å². The Balaban J connectivity index is 1.62. The van der Waals surface area contributed by atoms with Gasteiger partial charge in [-0.15, -0.1) is 0 Å². The summed E-state index contributed by atoms with van der Waals surface area (Å²) in [6.07, 6.45) is 0. The van der Waals surface area contributed by atoms with Crippen molar-refractivity contribution in [2.24, 2.45) is 0 Å². The van der Waals surface area contributed by atoms with Crippen molar-refractivity contribution in [3.8, 4) is 0 Å². The van der Waals surface area contributed by atoms with Gasteiger partial charge >= 0.3 is 6.03 Å². The van der Waals surface area contributed by atoms with Gasteiger partial charge in [-0.25, -0.2) is 4.79 Å². The van der Waals surface area contributed by atoms with Gasteiger partial charge in [0.25, 0.3) is 5.91 Å². The molecule has 0 atom stereocenters. The standard InChI is InChI=1S/C21H17N3O3/c25-19-12-22-21(27)24(19)13-15-7-2-4-10-17(15)20(26)23-18-11-5-8-14-6-1-3-9-16(14)18/h1-11H,12-13H2,(H,22,27)(H,23,26). The smallest absolute Gasteiger partial charge is 0.324 e. The third-order valence-electron chi connectivity index (χ3n) is 4.57. The molecular formula is C21H17N3O3. The van der Waals surface area contributed by atoms with Gasteiger partial charge in [-0.3, -0.25) is 14.5 Å². The Kier molecular flexibility index (Phi) is 4.30. The number of anilines is 1. The van der Waals surface area contributed by atoms with Gasteiger partial charge in [0.15, 0.2) is 0 Å². The number of hydrogen-bond acceptors (Lipinski definition) is 3. The fourth-order valence-electron chi connectivity index (χ4n) is 3.19. The van der Waals surface area contributed by atoms with E-state index in [2.05, 4.69) is 10.6 Å². The summed E-state index contributed by atoms with van der Waals surface area (Å²) in [7, 11) is 0. The molecule has 0 bridgehead atoms. The first-order chi connectivity index (χ1) is 13.1. The summed E-state index contributed by atoms with van der Waals surface area (Å²) < 4.78 is 0. The Morgan fingerprint density at radius 1 is 0.963 bits per heavy atom. The second-order valence-corrected chi connectivity index (χ2v) is 6.28. The molecule has 0 radical (unpaired) electrons. The molecule has 6 nitrogen and oxygen atoms in total. The van der Waals surface area contributed by atoms with Crippen LogP contribution in [0.3, 0.4) is 0 Å². The molecule has 1 saturated heterocycles. The van der Waals surface area contributed by atoms with E-state index in [-0.39, 0.29) is 24.9 Å². The minimum atomic E-state index is -0.440. The molecule has 0 aliphatic carbocycles. The molecule has 0 aromatic heterocycles. The van der Waals surface area contributed by atoms with Crippen LogP contribution in [0, 0.1) is 0 Å². The predicted molar refractivity (Wildman–Crippen MR) is 102 cm³/mol. The Labute approximate surface area is 155 Å². The summed E-state index contributed by atoms with van der Waals surface area (Å²) in [6, 6.07) is 20.0. The minimum Gasteiger partial charge on any atom is -0.329 e. The second-order valence-electron chi connectivity index (χ2n) is 6.28. The Hall–Kier alpha value is -3.67. The van der Waals surface area contributed by atoms with Crippen LogP contribution in [-0.2, 0) is 11.3 Å². The topological polar surface area (TPSA) is 78.5 Å². The lowest BCUT2D eigenvalue weighted by Crippen LogP contribution is -2.31. The lowest BCUT2D eigenvalue weighted by atomic mass is 10.1. The van der Waals surface area contributed by atoms with Crippen LogP contribution in [0.25, 0.3) is 10.8 Å². The number of urea groups is 1. The highest BCUT2D eigenvalue weighted by molar-refractivity contribution is 6.10. The molecule has 0 unspecified atom stereocenters. The van der Waals surface area contributed by atoms with E-state index in [1.165, 1.54) is 0 Å². The van der Waals surface area contributed by atoms with Crippen molar-refractivity contribution in [1.82, 2.24) is 10.2 Å². The molecule has 1 fully saturated rings. The van der Waals surface area contributed by atoms with Crippen molar-refractivity contribution in [3.05, 3.63) is 77.9 Å². The second kappa shape index (κ2) is 6.92. The Morgan fingerprint density at radius 3 is 2.52 bits per heavy atom. The predicted octanol–water partition coefficient (Wildman–Crippen LogP) is 3.14. The van der Waals surface area contributed by atoms with Crippen LogP contribution in [0.1, 0.15) is 15.9 Å². The zero-order chi connectivity index (χ0) is 18.8. The van der Waals surface area contributed by atoms with Gasteiger partial charge in [0, 0.05) is 16.6 Å². The molecular weight excluding hydrogens is 342 g/mol. The van der Waals surface area contributed by atoms with Crippen molar-refractivity contribution in [2.75, 3.05) is 11.9 Å². The molecule has 2 N–H and O–H groups in total. The molecule has 6 heteroatoms. The van der Waals surface area contributed by atoms with E-state index in [1.54, 1.807) is 24.3 Å². The number of amides is 4. The molecule has 4 amide bonds. The zero-order valence-electron chi connectivity index (χ0n) is 14.4. The highest BCUT2D eigenvalue weighted by atomic mass is 16.2. The Morgan fingerprint density at radius 2 is 1.70 bits per heavy atom. The summed E-state index contributed by atoms with van der Waals surface area (Å²) in [4.78, 5) is 37.7. The molecule has 0 saturated carbocycles. The number of hydrogen-bond donors (Lipinski definition) is 2. The monoisotopic (exact) mass is 359 g/mol. The summed E-state index contributed by atoms with van der Waals surface area (Å²) in [6.45, 7) is 0.0486. The normalized spacial score (nSPS) is 13.7. The largest absolute Gasteiger partial charge is 0.329 e. The summed E-state index contributed by atoms with van der Waals surface area (Å²) >= 11 is 0. The third kappa shape index (κ3) is 3.25. The van der Waals surface area contributed by atoms with E-state index >= 15 is 0 Å². The SMILES string of the molecule is O=C(Nc1cccc2ccccc12)c1ccccc1CN1C(=O)CNC1=O. The first-order valence-corrected chi connectivity index (χ1v) is 8.59. The minimum absolute atomic E-state index is 0.0107. The fourth-order valence-corrected chi connectivity index (χ4v) is 3.19. The first kappa shape index (κ1) is 16.8. The van der Waals surface area contributed by atoms with Crippen molar-refractivity contribution in [1.29, 1.82) is 0 Å². The van der Waals surface area contributed by atoms with Crippen LogP contribution in [0.2, 0.25) is 0 Å². The molecule has 3 aromatic carbocycles. The van der Waals surface area contributed by atoms with E-state index in [0.29, 0.717) is 16.8 Å². The van der Waals surface area contributed by atoms with E-state index < -0.39 is 6.03 Å². The number of fused-ring (bicyclic) bond motifs is 1. The maximum atomic E-state index is 12.9. The van der Waals surface area contributed by atoms with E-state index in [1.807, 2.05) is 42.5 Å². The highest BCUT2D eigenvalue weighted by Crippen LogP contribution is 2.24. The molecule has 1 aliphatic rings. The lowest BCUT2D eigenvalue weighted by molar-refractivity contribution is -0.125.